The highest BCUT2D eigenvalue weighted by Crippen LogP contribution is 2.26. The Bertz CT molecular complexity index is 470. The van der Waals surface area contributed by atoms with Crippen LogP contribution in [0.1, 0.15) is 37.7 Å². The Morgan fingerprint density at radius 3 is 2.81 bits per heavy atom. The molecule has 3 nitrogen and oxygen atoms in total. The molecule has 1 unspecified atom stereocenters. The summed E-state index contributed by atoms with van der Waals surface area (Å²) < 4.78 is 7.03. The minimum absolute atomic E-state index is 0.388. The van der Waals surface area contributed by atoms with Crippen LogP contribution in [-0.2, 0) is 11.3 Å². The predicted octanol–water partition coefficient (Wildman–Crippen LogP) is 3.71. The maximum absolute atomic E-state index is 5.83. The largest absolute Gasteiger partial charge is 0.376 e. The SMILES string of the molecule is CN(CC1CCCCO1)c1ccc(CNC2CC2)c(Br)c1. The summed E-state index contributed by atoms with van der Waals surface area (Å²) in [5, 5.41) is 3.56. The molecule has 1 aliphatic carbocycles. The van der Waals surface area contributed by atoms with Crippen molar-refractivity contribution >= 4 is 21.6 Å². The Morgan fingerprint density at radius 1 is 1.29 bits per heavy atom. The first-order valence-electron chi connectivity index (χ1n) is 8.07. The van der Waals surface area contributed by atoms with Gasteiger partial charge >= 0.3 is 0 Å². The van der Waals surface area contributed by atoms with E-state index in [2.05, 4.69) is 51.4 Å². The highest BCUT2D eigenvalue weighted by atomic mass is 79.9. The van der Waals surface area contributed by atoms with Crippen LogP contribution < -0.4 is 10.2 Å². The van der Waals surface area contributed by atoms with Crippen molar-refractivity contribution in [2.45, 2.75) is 50.8 Å². The van der Waals surface area contributed by atoms with Gasteiger partial charge in [-0.25, -0.2) is 0 Å². The zero-order valence-corrected chi connectivity index (χ0v) is 14.4. The summed E-state index contributed by atoms with van der Waals surface area (Å²) in [4.78, 5) is 2.30. The third kappa shape index (κ3) is 4.44. The van der Waals surface area contributed by atoms with E-state index in [-0.39, 0.29) is 0 Å². The zero-order valence-electron chi connectivity index (χ0n) is 12.8. The van der Waals surface area contributed by atoms with Crippen LogP contribution in [0.2, 0.25) is 0 Å². The number of halogens is 1. The normalized spacial score (nSPS) is 22.3. The monoisotopic (exact) mass is 352 g/mol. The Labute approximate surface area is 136 Å². The van der Waals surface area contributed by atoms with E-state index in [4.69, 9.17) is 4.74 Å². The molecule has 0 aromatic heterocycles. The molecule has 21 heavy (non-hydrogen) atoms. The van der Waals surface area contributed by atoms with Crippen molar-refractivity contribution in [1.29, 1.82) is 0 Å². The fraction of sp³-hybridized carbons (Fsp3) is 0.647. The average molecular weight is 353 g/mol. The molecule has 1 N–H and O–H groups in total. The van der Waals surface area contributed by atoms with Crippen LogP contribution in [0.25, 0.3) is 0 Å². The molecule has 3 rings (SSSR count). The van der Waals surface area contributed by atoms with Gasteiger partial charge in [-0.05, 0) is 49.8 Å². The molecule has 1 saturated heterocycles. The first kappa shape index (κ1) is 15.3. The van der Waals surface area contributed by atoms with E-state index in [0.717, 1.165) is 25.7 Å². The average Bonchev–Trinajstić information content (AvgIpc) is 3.31. The van der Waals surface area contributed by atoms with E-state index in [9.17, 15) is 0 Å². The smallest absolute Gasteiger partial charge is 0.0749 e. The van der Waals surface area contributed by atoms with Gasteiger partial charge < -0.3 is 15.0 Å². The van der Waals surface area contributed by atoms with E-state index in [1.165, 1.54) is 47.8 Å². The molecule has 0 amide bonds. The van der Waals surface area contributed by atoms with Gasteiger partial charge in [0.05, 0.1) is 6.10 Å². The number of nitrogens with zero attached hydrogens (tertiary/aromatic N) is 1. The molecule has 2 fully saturated rings. The fourth-order valence-corrected chi connectivity index (χ4v) is 3.33. The maximum Gasteiger partial charge on any atom is 0.0749 e. The van der Waals surface area contributed by atoms with Crippen LogP contribution in [0.15, 0.2) is 22.7 Å². The van der Waals surface area contributed by atoms with Gasteiger partial charge in [-0.3, -0.25) is 0 Å². The number of ether oxygens (including phenoxy) is 1. The summed E-state index contributed by atoms with van der Waals surface area (Å²) in [6, 6.07) is 7.43. The molecule has 1 aromatic carbocycles. The number of nitrogens with one attached hydrogen (secondary N) is 1. The lowest BCUT2D eigenvalue weighted by molar-refractivity contribution is 0.0216. The van der Waals surface area contributed by atoms with Crippen molar-refractivity contribution in [2.75, 3.05) is 25.1 Å². The molecule has 0 spiro atoms. The predicted molar refractivity (Wildman–Crippen MR) is 90.9 cm³/mol. The molecule has 0 bridgehead atoms. The number of hydrogen-bond acceptors (Lipinski definition) is 3. The third-order valence-electron chi connectivity index (χ3n) is 4.39. The summed E-state index contributed by atoms with van der Waals surface area (Å²) in [5.74, 6) is 0. The van der Waals surface area contributed by atoms with Gasteiger partial charge in [0.2, 0.25) is 0 Å². The Balaban J connectivity index is 1.57. The molecule has 0 radical (unpaired) electrons. The second-order valence-corrected chi connectivity index (χ2v) is 7.15. The van der Waals surface area contributed by atoms with Gasteiger partial charge in [0.15, 0.2) is 0 Å². The van der Waals surface area contributed by atoms with Gasteiger partial charge in [0.25, 0.3) is 0 Å². The van der Waals surface area contributed by atoms with E-state index >= 15 is 0 Å². The van der Waals surface area contributed by atoms with Crippen molar-refractivity contribution in [1.82, 2.24) is 5.32 Å². The second-order valence-electron chi connectivity index (χ2n) is 6.30. The van der Waals surface area contributed by atoms with E-state index in [1.54, 1.807) is 0 Å². The van der Waals surface area contributed by atoms with Crippen molar-refractivity contribution in [2.24, 2.45) is 0 Å². The number of anilines is 1. The summed E-state index contributed by atoms with van der Waals surface area (Å²) in [7, 11) is 2.15. The molecule has 1 heterocycles. The number of likely N-dealkylation sites (N-methyl/N-ethyl adjacent to an activating group) is 1. The van der Waals surface area contributed by atoms with Gasteiger partial charge in [-0.2, -0.15) is 0 Å². The number of rotatable bonds is 6. The molecule has 2 aliphatic rings. The van der Waals surface area contributed by atoms with Crippen LogP contribution in [0.5, 0.6) is 0 Å². The molecule has 1 atom stereocenters. The molecule has 1 aliphatic heterocycles. The number of hydrogen-bond donors (Lipinski definition) is 1. The number of benzene rings is 1. The van der Waals surface area contributed by atoms with E-state index in [1.807, 2.05) is 0 Å². The van der Waals surface area contributed by atoms with Crippen molar-refractivity contribution < 1.29 is 4.74 Å². The standard InChI is InChI=1S/C17H25BrN2O/c1-20(12-16-4-2-3-9-21-16)15-8-5-13(17(18)10-15)11-19-14-6-7-14/h5,8,10,14,16,19H,2-4,6-7,9,11-12H2,1H3. The van der Waals surface area contributed by atoms with E-state index < -0.39 is 0 Å². The quantitative estimate of drug-likeness (QED) is 0.844. The summed E-state index contributed by atoms with van der Waals surface area (Å²) >= 11 is 3.71. The van der Waals surface area contributed by atoms with Gasteiger partial charge in [0.1, 0.15) is 0 Å². The minimum Gasteiger partial charge on any atom is -0.376 e. The van der Waals surface area contributed by atoms with Crippen molar-refractivity contribution in [3.05, 3.63) is 28.2 Å². The van der Waals surface area contributed by atoms with Crippen molar-refractivity contribution in [3.8, 4) is 0 Å². The lowest BCUT2D eigenvalue weighted by Crippen LogP contribution is -2.33. The van der Waals surface area contributed by atoms with Crippen LogP contribution in [0.4, 0.5) is 5.69 Å². The molecular formula is C17H25BrN2O. The molecule has 116 valence electrons. The molecule has 4 heteroatoms. The Hall–Kier alpha value is -0.580. The highest BCUT2D eigenvalue weighted by molar-refractivity contribution is 9.10. The first-order chi connectivity index (χ1) is 10.2. The summed E-state index contributed by atoms with van der Waals surface area (Å²) in [5.41, 5.74) is 2.60. The lowest BCUT2D eigenvalue weighted by atomic mass is 10.1. The van der Waals surface area contributed by atoms with Gasteiger partial charge in [0, 0.05) is 42.9 Å². The van der Waals surface area contributed by atoms with E-state index in [0.29, 0.717) is 6.10 Å². The summed E-state index contributed by atoms with van der Waals surface area (Å²) in [6.07, 6.45) is 6.76. The van der Waals surface area contributed by atoms with Gasteiger partial charge in [-0.1, -0.05) is 22.0 Å². The molecule has 1 saturated carbocycles. The van der Waals surface area contributed by atoms with Crippen LogP contribution in [0.3, 0.4) is 0 Å². The highest BCUT2D eigenvalue weighted by Gasteiger charge is 2.20. The van der Waals surface area contributed by atoms with Crippen LogP contribution in [-0.4, -0.2) is 32.3 Å². The summed E-state index contributed by atoms with van der Waals surface area (Å²) in [6.45, 7) is 2.86. The third-order valence-corrected chi connectivity index (χ3v) is 5.13. The fourth-order valence-electron chi connectivity index (χ4n) is 2.82. The lowest BCUT2D eigenvalue weighted by Gasteiger charge is -2.29. The van der Waals surface area contributed by atoms with Crippen LogP contribution in [0, 0.1) is 0 Å². The topological polar surface area (TPSA) is 24.5 Å². The second kappa shape index (κ2) is 7.12. The minimum atomic E-state index is 0.388. The Morgan fingerprint density at radius 2 is 2.14 bits per heavy atom. The van der Waals surface area contributed by atoms with Crippen molar-refractivity contribution in [3.63, 3.8) is 0 Å². The van der Waals surface area contributed by atoms with Gasteiger partial charge in [-0.15, -0.1) is 0 Å². The Kier molecular flexibility index (Phi) is 5.19. The first-order valence-corrected chi connectivity index (χ1v) is 8.86. The maximum atomic E-state index is 5.83. The zero-order chi connectivity index (χ0) is 14.7. The van der Waals surface area contributed by atoms with Crippen LogP contribution >= 0.6 is 15.9 Å². The molecule has 1 aromatic rings. The molecular weight excluding hydrogens is 328 g/mol.